The Morgan fingerprint density at radius 3 is 0.967 bits per heavy atom. The number of benzene rings is 7. The molecule has 92 heavy (non-hydrogen) atoms. The summed E-state index contributed by atoms with van der Waals surface area (Å²) in [6.07, 6.45) is 4.66. The molecule has 9 nitrogen and oxygen atoms in total. The summed E-state index contributed by atoms with van der Waals surface area (Å²) in [5.41, 5.74) is 11.8. The summed E-state index contributed by atoms with van der Waals surface area (Å²) < 4.78 is 58.0. The van der Waals surface area contributed by atoms with Gasteiger partial charge in [-0.3, -0.25) is 0 Å². The Morgan fingerprint density at radius 1 is 0.337 bits per heavy atom. The molecule has 12 heteroatoms. The lowest BCUT2D eigenvalue weighted by molar-refractivity contribution is -0.0673. The molecule has 0 bridgehead atoms. The van der Waals surface area contributed by atoms with Gasteiger partial charge in [0, 0.05) is 49.3 Å². The summed E-state index contributed by atoms with van der Waals surface area (Å²) in [6, 6.07) is 60.2. The molecule has 494 valence electrons. The van der Waals surface area contributed by atoms with Gasteiger partial charge in [-0.25, -0.2) is 0 Å². The second-order valence-electron chi connectivity index (χ2n) is 31.1. The lowest BCUT2D eigenvalue weighted by atomic mass is 9.73. The Hall–Kier alpha value is -5.01. The van der Waals surface area contributed by atoms with Crippen molar-refractivity contribution in [1.29, 1.82) is 0 Å². The maximum atomic E-state index is 6.66. The SMILES string of the molecule is CC(C)(c1ccccc1)c1ccc(OP2OCC3(CO2)COP(Oc2ccc(C(C)(C)c4ccccc4)cc2C(C)(C)c2ccccc2)OC3)c(C(C)(C)c2ccccc2)c1.CCCCC1(CC)COP(Oc2c(C(C)(C)C)cc(C(C)(C)C)cc2C(C)(C)C)OC1. The first kappa shape index (κ1) is 71.3. The molecule has 0 unspecified atom stereocenters. The van der Waals surface area contributed by atoms with Crippen LogP contribution >= 0.6 is 25.8 Å². The average molecular weight is 1300 g/mol. The first-order valence-corrected chi connectivity index (χ1v) is 36.5. The van der Waals surface area contributed by atoms with Crippen molar-refractivity contribution in [2.24, 2.45) is 10.8 Å². The molecule has 0 saturated carbocycles. The van der Waals surface area contributed by atoms with Crippen molar-refractivity contribution in [3.63, 3.8) is 0 Å². The van der Waals surface area contributed by atoms with Crippen LogP contribution in [0.15, 0.2) is 170 Å². The van der Waals surface area contributed by atoms with E-state index >= 15 is 0 Å². The summed E-state index contributed by atoms with van der Waals surface area (Å²) in [6.45, 7) is 45.9. The number of hydrogen-bond acceptors (Lipinski definition) is 9. The largest absolute Gasteiger partial charge is 0.426 e. The molecule has 3 aliphatic heterocycles. The van der Waals surface area contributed by atoms with E-state index in [9.17, 15) is 0 Å². The van der Waals surface area contributed by atoms with Gasteiger partial charge in [0.15, 0.2) is 0 Å². The third kappa shape index (κ3) is 16.4. The quantitative estimate of drug-likeness (QED) is 0.0780. The van der Waals surface area contributed by atoms with Crippen LogP contribution in [0.5, 0.6) is 17.2 Å². The smallest absolute Gasteiger partial charge is 0.397 e. The molecule has 0 radical (unpaired) electrons. The van der Waals surface area contributed by atoms with Gasteiger partial charge < -0.3 is 40.7 Å². The molecule has 0 atom stereocenters. The highest BCUT2D eigenvalue weighted by Crippen LogP contribution is 2.57. The zero-order valence-corrected chi connectivity index (χ0v) is 61.4. The molecule has 7 aromatic rings. The van der Waals surface area contributed by atoms with Gasteiger partial charge in [-0.1, -0.05) is 302 Å². The minimum Gasteiger partial charge on any atom is -0.426 e. The van der Waals surface area contributed by atoms with Crippen LogP contribution in [0.3, 0.4) is 0 Å². The van der Waals surface area contributed by atoms with Crippen molar-refractivity contribution in [3.8, 4) is 17.2 Å². The summed E-state index contributed by atoms with van der Waals surface area (Å²) in [5.74, 6) is 2.46. The van der Waals surface area contributed by atoms with Gasteiger partial charge in [-0.05, 0) is 80.2 Å². The van der Waals surface area contributed by atoms with Crippen molar-refractivity contribution >= 4 is 25.8 Å². The predicted octanol–water partition coefficient (Wildman–Crippen LogP) is 22.8. The van der Waals surface area contributed by atoms with Gasteiger partial charge in [0.2, 0.25) is 0 Å². The van der Waals surface area contributed by atoms with Crippen molar-refractivity contribution in [2.45, 2.75) is 195 Å². The van der Waals surface area contributed by atoms with Crippen molar-refractivity contribution < 1.29 is 40.7 Å². The van der Waals surface area contributed by atoms with E-state index in [1.165, 1.54) is 62.9 Å². The van der Waals surface area contributed by atoms with E-state index < -0.39 is 31.2 Å². The summed E-state index contributed by atoms with van der Waals surface area (Å²) in [4.78, 5) is 0. The molecule has 1 spiro atoms. The van der Waals surface area contributed by atoms with Crippen LogP contribution in [0, 0.1) is 10.8 Å². The van der Waals surface area contributed by atoms with E-state index in [0.29, 0.717) is 26.4 Å². The maximum absolute atomic E-state index is 6.66. The van der Waals surface area contributed by atoms with E-state index in [2.05, 4.69) is 301 Å². The molecule has 0 amide bonds. The zero-order chi connectivity index (χ0) is 66.5. The summed E-state index contributed by atoms with van der Waals surface area (Å²) >= 11 is 0. The molecule has 7 aromatic carbocycles. The highest BCUT2D eigenvalue weighted by molar-refractivity contribution is 7.42. The van der Waals surface area contributed by atoms with E-state index in [0.717, 1.165) is 54.4 Å². The first-order valence-electron chi connectivity index (χ1n) is 33.3. The number of rotatable bonds is 18. The highest BCUT2D eigenvalue weighted by Gasteiger charge is 2.46. The lowest BCUT2D eigenvalue weighted by Gasteiger charge is -2.41. The van der Waals surface area contributed by atoms with Gasteiger partial charge >= 0.3 is 25.8 Å². The van der Waals surface area contributed by atoms with Gasteiger partial charge in [-0.2, -0.15) is 0 Å². The minimum absolute atomic E-state index is 0.0456. The fraction of sp³-hybridized carbons (Fsp3) is 0.475. The summed E-state index contributed by atoms with van der Waals surface area (Å²) in [5, 5.41) is 0. The number of unbranched alkanes of at least 4 members (excludes halogenated alkanes) is 1. The van der Waals surface area contributed by atoms with Crippen LogP contribution in [0.2, 0.25) is 0 Å². The third-order valence-electron chi connectivity index (χ3n) is 19.5. The Morgan fingerprint density at radius 2 is 0.652 bits per heavy atom. The van der Waals surface area contributed by atoms with Gasteiger partial charge in [0.05, 0.1) is 45.1 Å². The molecule has 3 heterocycles. The van der Waals surface area contributed by atoms with Crippen LogP contribution in [0.4, 0.5) is 0 Å². The van der Waals surface area contributed by atoms with Crippen LogP contribution in [0.25, 0.3) is 0 Å². The fourth-order valence-electron chi connectivity index (χ4n) is 12.3. The van der Waals surface area contributed by atoms with Gasteiger partial charge in [-0.15, -0.1) is 0 Å². The van der Waals surface area contributed by atoms with Crippen molar-refractivity contribution in [3.05, 3.63) is 231 Å². The monoisotopic (exact) mass is 1300 g/mol. The Kier molecular flexibility index (Phi) is 22.3. The molecule has 3 saturated heterocycles. The maximum Gasteiger partial charge on any atom is 0.397 e. The molecule has 3 fully saturated rings. The molecular formula is C80H105O9P3. The fourth-order valence-corrected chi connectivity index (χ4v) is 16.1. The van der Waals surface area contributed by atoms with Crippen LogP contribution in [-0.4, -0.2) is 39.6 Å². The van der Waals surface area contributed by atoms with Gasteiger partial charge in [0.25, 0.3) is 0 Å². The molecule has 10 rings (SSSR count). The summed E-state index contributed by atoms with van der Waals surface area (Å²) in [7, 11) is -4.73. The Bertz CT molecular complexity index is 3300. The van der Waals surface area contributed by atoms with Crippen molar-refractivity contribution in [2.75, 3.05) is 39.6 Å². The highest BCUT2D eigenvalue weighted by atomic mass is 31.2. The second-order valence-corrected chi connectivity index (χ2v) is 34.5. The van der Waals surface area contributed by atoms with E-state index in [-0.39, 0.29) is 43.3 Å². The topological polar surface area (TPSA) is 83.1 Å². The zero-order valence-electron chi connectivity index (χ0n) is 58.8. The molecule has 0 N–H and O–H groups in total. The van der Waals surface area contributed by atoms with Gasteiger partial charge in [0.1, 0.15) is 17.2 Å². The normalized spacial score (nSPS) is 21.1. The van der Waals surface area contributed by atoms with Crippen LogP contribution < -0.4 is 13.6 Å². The van der Waals surface area contributed by atoms with E-state index in [1.54, 1.807) is 0 Å². The van der Waals surface area contributed by atoms with E-state index in [4.69, 9.17) is 40.7 Å². The Balaban J connectivity index is 0.000000272. The van der Waals surface area contributed by atoms with E-state index in [1.807, 2.05) is 0 Å². The lowest BCUT2D eigenvalue weighted by Crippen LogP contribution is -2.45. The average Bonchev–Trinajstić information content (AvgIpc) is 0.778. The predicted molar refractivity (Wildman–Crippen MR) is 383 cm³/mol. The van der Waals surface area contributed by atoms with Crippen LogP contribution in [0.1, 0.15) is 218 Å². The standard InChI is InChI=1S/C53H58O6P2.C27H47O3P/c1-49(2,39-21-13-9-14-22-39)43-29-31-47(45(33-43)51(5,6)41-25-17-11-18-26-41)58-60-54-35-53(36-55-60)37-56-61(57-38-53)59-48-32-30-44(50(3,4)40-23-15-10-16-24-40)34-46(48)52(7,8)42-27-19-12-20-28-42;1-12-14-15-27(13-2)18-28-31(29-19-27)30-23-21(25(6,7)8)16-20(24(3,4)5)17-22(23)26(9,10)11/h9-34H,35-38H2,1-8H3;16-17H,12-15,18-19H2,1-11H3. The van der Waals surface area contributed by atoms with Crippen molar-refractivity contribution in [1.82, 2.24) is 0 Å². The molecular weight excluding hydrogens is 1200 g/mol. The minimum atomic E-state index is -1.67. The molecule has 0 aromatic heterocycles. The first-order chi connectivity index (χ1) is 43.3. The Labute approximate surface area is 557 Å². The number of hydrogen-bond donors (Lipinski definition) is 0. The third-order valence-corrected chi connectivity index (χ3v) is 22.5. The molecule has 0 aliphatic carbocycles. The molecule has 3 aliphatic rings. The second kappa shape index (κ2) is 28.7. The van der Waals surface area contributed by atoms with Crippen LogP contribution in [-0.2, 0) is 65.0 Å².